The number of nitrogens with zero attached hydrogens (tertiary/aromatic N) is 1. The van der Waals surface area contributed by atoms with E-state index >= 15 is 0 Å². The molecule has 1 aliphatic rings. The summed E-state index contributed by atoms with van der Waals surface area (Å²) in [6.45, 7) is 3.13. The fraction of sp³-hybridized carbons (Fsp3) is 0.588. The maximum absolute atomic E-state index is 12.3. The van der Waals surface area contributed by atoms with Crippen LogP contribution in [-0.4, -0.2) is 30.3 Å². The molecule has 0 spiro atoms. The third kappa shape index (κ3) is 4.80. The van der Waals surface area contributed by atoms with E-state index in [2.05, 4.69) is 34.8 Å². The highest BCUT2D eigenvalue weighted by atomic mass is 79.9. The van der Waals surface area contributed by atoms with Crippen molar-refractivity contribution in [1.82, 2.24) is 4.90 Å². The number of halogens is 2. The van der Waals surface area contributed by atoms with Gasteiger partial charge >= 0.3 is 0 Å². The highest BCUT2D eigenvalue weighted by Gasteiger charge is 2.22. The summed E-state index contributed by atoms with van der Waals surface area (Å²) >= 11 is 9.50. The second kappa shape index (κ2) is 7.75. The topological polar surface area (TPSA) is 20.3 Å². The van der Waals surface area contributed by atoms with E-state index in [1.165, 1.54) is 25.7 Å². The van der Waals surface area contributed by atoms with Crippen LogP contribution in [0.4, 0.5) is 0 Å². The van der Waals surface area contributed by atoms with Crippen molar-refractivity contribution >= 4 is 33.3 Å². The molecule has 2 rings (SSSR count). The van der Waals surface area contributed by atoms with Gasteiger partial charge in [0.25, 0.3) is 0 Å². The fourth-order valence-electron chi connectivity index (χ4n) is 3.11. The minimum absolute atomic E-state index is 0.128. The molecule has 2 nitrogen and oxygen atoms in total. The fourth-order valence-corrected chi connectivity index (χ4v) is 3.89. The quantitative estimate of drug-likeness (QED) is 0.663. The summed E-state index contributed by atoms with van der Waals surface area (Å²) in [5.41, 5.74) is 0.630. The van der Waals surface area contributed by atoms with Gasteiger partial charge in [0.1, 0.15) is 0 Å². The van der Waals surface area contributed by atoms with E-state index in [1.54, 1.807) is 12.1 Å². The first-order valence-corrected chi connectivity index (χ1v) is 8.83. The van der Waals surface area contributed by atoms with E-state index in [0.717, 1.165) is 16.9 Å². The summed E-state index contributed by atoms with van der Waals surface area (Å²) in [5, 5.41) is 0.531. The Balaban J connectivity index is 1.88. The zero-order chi connectivity index (χ0) is 15.4. The number of hydrogen-bond acceptors (Lipinski definition) is 2. The molecular weight excluding hydrogens is 350 g/mol. The van der Waals surface area contributed by atoms with Gasteiger partial charge in [-0.1, -0.05) is 47.3 Å². The number of rotatable bonds is 5. The summed E-state index contributed by atoms with van der Waals surface area (Å²) in [7, 11) is 2.14. The van der Waals surface area contributed by atoms with Crippen LogP contribution in [0.3, 0.4) is 0 Å². The van der Waals surface area contributed by atoms with Crippen molar-refractivity contribution in [3.63, 3.8) is 0 Å². The summed E-state index contributed by atoms with van der Waals surface area (Å²) in [6, 6.07) is 6.08. The first-order chi connectivity index (χ1) is 9.97. The number of Topliss-reactive ketones (excluding diaryl/α,β-unsaturated/α-hetero) is 1. The zero-order valence-corrected chi connectivity index (χ0v) is 15.1. The molecule has 0 saturated heterocycles. The molecule has 2 atom stereocenters. The summed E-state index contributed by atoms with van der Waals surface area (Å²) in [5.74, 6) is 0.936. The van der Waals surface area contributed by atoms with Crippen LogP contribution >= 0.6 is 27.5 Å². The van der Waals surface area contributed by atoms with Gasteiger partial charge in [0, 0.05) is 29.0 Å². The van der Waals surface area contributed by atoms with E-state index in [9.17, 15) is 4.79 Å². The van der Waals surface area contributed by atoms with Gasteiger partial charge in [-0.15, -0.1) is 0 Å². The van der Waals surface area contributed by atoms with E-state index < -0.39 is 0 Å². The van der Waals surface area contributed by atoms with Crippen LogP contribution in [0.25, 0.3) is 0 Å². The first kappa shape index (κ1) is 17.0. The molecule has 0 N–H and O–H groups in total. The molecular formula is C17H23BrClNO. The maximum Gasteiger partial charge on any atom is 0.165 e. The minimum atomic E-state index is 0.128. The predicted molar refractivity (Wildman–Crippen MR) is 92.1 cm³/mol. The predicted octanol–water partition coefficient (Wildman–Crippen LogP) is 5.19. The van der Waals surface area contributed by atoms with Crippen LogP contribution < -0.4 is 0 Å². The molecule has 116 valence electrons. The van der Waals surface area contributed by atoms with Crippen LogP contribution in [0, 0.1) is 5.92 Å². The van der Waals surface area contributed by atoms with Gasteiger partial charge in [0.05, 0.1) is 5.02 Å². The van der Waals surface area contributed by atoms with E-state index in [0.29, 0.717) is 23.0 Å². The Morgan fingerprint density at radius 2 is 2.19 bits per heavy atom. The molecule has 0 amide bonds. The van der Waals surface area contributed by atoms with E-state index in [4.69, 9.17) is 11.6 Å². The smallest absolute Gasteiger partial charge is 0.165 e. The van der Waals surface area contributed by atoms with Crippen LogP contribution in [0.2, 0.25) is 5.02 Å². The standard InChI is InChI=1S/C17H23BrClNO/c1-12-4-3-5-14(10-12)20(2)9-8-17(21)15-7-6-13(18)11-16(15)19/h6-7,11-12,14H,3-5,8-10H2,1-2H3. The van der Waals surface area contributed by atoms with Crippen molar-refractivity contribution < 1.29 is 4.79 Å². The van der Waals surface area contributed by atoms with Crippen LogP contribution in [-0.2, 0) is 0 Å². The lowest BCUT2D eigenvalue weighted by atomic mass is 9.86. The van der Waals surface area contributed by atoms with Crippen molar-refractivity contribution in [3.05, 3.63) is 33.3 Å². The molecule has 0 radical (unpaired) electrons. The molecule has 4 heteroatoms. The molecule has 1 aromatic carbocycles. The van der Waals surface area contributed by atoms with Gasteiger partial charge in [0.2, 0.25) is 0 Å². The molecule has 21 heavy (non-hydrogen) atoms. The number of ketones is 1. The lowest BCUT2D eigenvalue weighted by Gasteiger charge is -2.34. The number of carbonyl (C=O) groups is 1. The van der Waals surface area contributed by atoms with Crippen molar-refractivity contribution in [2.75, 3.05) is 13.6 Å². The monoisotopic (exact) mass is 371 g/mol. The van der Waals surface area contributed by atoms with Crippen molar-refractivity contribution in [2.45, 2.75) is 45.1 Å². The van der Waals surface area contributed by atoms with Gasteiger partial charge in [-0.2, -0.15) is 0 Å². The summed E-state index contributed by atoms with van der Waals surface area (Å²) in [4.78, 5) is 14.6. The van der Waals surface area contributed by atoms with Gasteiger partial charge < -0.3 is 4.90 Å². The highest BCUT2D eigenvalue weighted by molar-refractivity contribution is 9.10. The third-order valence-electron chi connectivity index (χ3n) is 4.46. The number of hydrogen-bond donors (Lipinski definition) is 0. The molecule has 0 heterocycles. The largest absolute Gasteiger partial charge is 0.303 e. The third-order valence-corrected chi connectivity index (χ3v) is 5.26. The molecule has 1 fully saturated rings. The normalized spacial score (nSPS) is 22.5. The molecule has 0 bridgehead atoms. The maximum atomic E-state index is 12.3. The van der Waals surface area contributed by atoms with E-state index in [1.807, 2.05) is 6.07 Å². The molecule has 1 saturated carbocycles. The average molecular weight is 373 g/mol. The lowest BCUT2D eigenvalue weighted by molar-refractivity contribution is 0.0945. The Morgan fingerprint density at radius 3 is 2.86 bits per heavy atom. The molecule has 2 unspecified atom stereocenters. The highest BCUT2D eigenvalue weighted by Crippen LogP contribution is 2.27. The average Bonchev–Trinajstić information content (AvgIpc) is 2.44. The van der Waals surface area contributed by atoms with Gasteiger partial charge in [-0.05, 0) is 44.0 Å². The molecule has 0 aliphatic heterocycles. The molecule has 1 aromatic rings. The second-order valence-corrected chi connectivity index (χ2v) is 7.53. The van der Waals surface area contributed by atoms with Crippen LogP contribution in [0.15, 0.2) is 22.7 Å². The van der Waals surface area contributed by atoms with E-state index in [-0.39, 0.29) is 5.78 Å². The Morgan fingerprint density at radius 1 is 1.43 bits per heavy atom. The Kier molecular flexibility index (Phi) is 6.27. The summed E-state index contributed by atoms with van der Waals surface area (Å²) in [6.07, 6.45) is 5.70. The number of carbonyl (C=O) groups excluding carboxylic acids is 1. The van der Waals surface area contributed by atoms with Crippen molar-refractivity contribution in [1.29, 1.82) is 0 Å². The lowest BCUT2D eigenvalue weighted by Crippen LogP contribution is -2.36. The molecule has 0 aromatic heterocycles. The second-order valence-electron chi connectivity index (χ2n) is 6.20. The molecule has 1 aliphatic carbocycles. The first-order valence-electron chi connectivity index (χ1n) is 7.66. The SMILES string of the molecule is CC1CCCC(N(C)CCC(=O)c2ccc(Br)cc2Cl)C1. The number of benzene rings is 1. The Bertz CT molecular complexity index is 506. The van der Waals surface area contributed by atoms with Crippen molar-refractivity contribution in [2.24, 2.45) is 5.92 Å². The minimum Gasteiger partial charge on any atom is -0.303 e. The van der Waals surface area contributed by atoms with Crippen LogP contribution in [0.1, 0.15) is 49.4 Å². The van der Waals surface area contributed by atoms with Crippen molar-refractivity contribution in [3.8, 4) is 0 Å². The van der Waals surface area contributed by atoms with Gasteiger partial charge in [0.15, 0.2) is 5.78 Å². The van der Waals surface area contributed by atoms with Gasteiger partial charge in [-0.25, -0.2) is 0 Å². The zero-order valence-electron chi connectivity index (χ0n) is 12.7. The summed E-state index contributed by atoms with van der Waals surface area (Å²) < 4.78 is 0.900. The van der Waals surface area contributed by atoms with Crippen LogP contribution in [0.5, 0.6) is 0 Å². The Hall–Kier alpha value is -0.380. The Labute approximate surface area is 141 Å². The van der Waals surface area contributed by atoms with Gasteiger partial charge in [-0.3, -0.25) is 4.79 Å².